The van der Waals surface area contributed by atoms with Gasteiger partial charge in [-0.15, -0.1) is 0 Å². The molecule has 1 atom stereocenters. The summed E-state index contributed by atoms with van der Waals surface area (Å²) >= 11 is 0. The van der Waals surface area contributed by atoms with Crippen molar-refractivity contribution < 1.29 is 0 Å². The van der Waals surface area contributed by atoms with Gasteiger partial charge in [-0.25, -0.2) is 0 Å². The van der Waals surface area contributed by atoms with Crippen molar-refractivity contribution in [3.8, 4) is 0 Å². The highest BCUT2D eigenvalue weighted by Gasteiger charge is 2.12. The summed E-state index contributed by atoms with van der Waals surface area (Å²) in [5, 5.41) is 4.44. The van der Waals surface area contributed by atoms with Crippen molar-refractivity contribution in [3.63, 3.8) is 0 Å². The van der Waals surface area contributed by atoms with Crippen molar-refractivity contribution in [2.45, 2.75) is 6.04 Å². The lowest BCUT2D eigenvalue weighted by Crippen LogP contribution is -2.10. The number of para-hydroxylation sites is 1. The molecule has 1 unspecified atom stereocenters. The number of H-pyrrole nitrogens is 1. The Bertz CT molecular complexity index is 831. The van der Waals surface area contributed by atoms with Gasteiger partial charge in [-0.2, -0.15) is 0 Å². The lowest BCUT2D eigenvalue weighted by atomic mass is 10.0. The van der Waals surface area contributed by atoms with Crippen LogP contribution in [0.2, 0.25) is 0 Å². The molecule has 0 radical (unpaired) electrons. The molecule has 3 nitrogen and oxygen atoms in total. The molecule has 2 aromatic rings. The Kier molecular flexibility index (Phi) is 2.82. The Morgan fingerprint density at radius 2 is 2.00 bits per heavy atom. The summed E-state index contributed by atoms with van der Waals surface area (Å²) in [6.07, 6.45) is 16.2. The van der Waals surface area contributed by atoms with Crippen LogP contribution < -0.4 is 5.32 Å². The molecule has 1 aromatic carbocycles. The monoisotopic (exact) mass is 273 g/mol. The summed E-state index contributed by atoms with van der Waals surface area (Å²) in [6.45, 7) is 0. The second-order valence-electron chi connectivity index (χ2n) is 5.11. The van der Waals surface area contributed by atoms with Gasteiger partial charge in [-0.3, -0.25) is 4.99 Å². The highest BCUT2D eigenvalue weighted by molar-refractivity contribution is 5.98. The fourth-order valence-electron chi connectivity index (χ4n) is 2.71. The molecule has 1 aliphatic carbocycles. The average Bonchev–Trinajstić information content (AvgIpc) is 2.89. The number of aromatic nitrogens is 1. The molecule has 0 saturated heterocycles. The van der Waals surface area contributed by atoms with Gasteiger partial charge in [0.2, 0.25) is 0 Å². The quantitative estimate of drug-likeness (QED) is 0.757. The summed E-state index contributed by atoms with van der Waals surface area (Å²) < 4.78 is 0. The van der Waals surface area contributed by atoms with Crippen molar-refractivity contribution in [2.75, 3.05) is 0 Å². The SMILES string of the molecule is C1=CC2=CNC=Cc3c([nH]c4ccccc34)C=NC2C=C1. The lowest BCUT2D eigenvalue weighted by Gasteiger charge is -2.13. The fraction of sp³-hybridized carbons (Fsp3) is 0.0556. The van der Waals surface area contributed by atoms with E-state index in [0.29, 0.717) is 0 Å². The third-order valence-corrected chi connectivity index (χ3v) is 3.77. The number of nitrogens with one attached hydrogen (secondary N) is 2. The molecule has 0 amide bonds. The van der Waals surface area contributed by atoms with Crippen molar-refractivity contribution in [1.82, 2.24) is 10.3 Å². The molecular weight excluding hydrogens is 258 g/mol. The second-order valence-corrected chi connectivity index (χ2v) is 5.11. The van der Waals surface area contributed by atoms with E-state index in [-0.39, 0.29) is 6.04 Å². The minimum atomic E-state index is 0.0632. The van der Waals surface area contributed by atoms with E-state index in [4.69, 9.17) is 4.99 Å². The number of hydrogen-bond donors (Lipinski definition) is 2. The number of nitrogens with zero attached hydrogens (tertiary/aromatic N) is 1. The summed E-state index contributed by atoms with van der Waals surface area (Å²) in [5.41, 5.74) is 4.48. The van der Waals surface area contributed by atoms with E-state index in [2.05, 4.69) is 46.7 Å². The van der Waals surface area contributed by atoms with Crippen molar-refractivity contribution in [1.29, 1.82) is 0 Å². The van der Waals surface area contributed by atoms with Crippen molar-refractivity contribution in [3.05, 3.63) is 77.8 Å². The van der Waals surface area contributed by atoms with Crippen LogP contribution in [-0.2, 0) is 0 Å². The maximum atomic E-state index is 4.71. The normalized spacial score (nSPS) is 19.8. The molecule has 2 N–H and O–H groups in total. The summed E-state index contributed by atoms with van der Waals surface area (Å²) in [4.78, 5) is 8.14. The molecule has 4 rings (SSSR count). The van der Waals surface area contributed by atoms with Crippen LogP contribution in [0.15, 0.2) is 71.5 Å². The molecule has 1 aromatic heterocycles. The molecule has 102 valence electrons. The number of fused-ring (bicyclic) bond motifs is 4. The standard InChI is InChI=1S/C18H15N3/c1-3-7-16-13(5-1)11-19-10-9-15-14-6-2-4-8-17(14)21-18(15)12-20-16/h1-12,16,19,21H. The Morgan fingerprint density at radius 1 is 1.05 bits per heavy atom. The Hall–Kier alpha value is -2.81. The van der Waals surface area contributed by atoms with Crippen molar-refractivity contribution >= 4 is 23.2 Å². The molecule has 2 heterocycles. The van der Waals surface area contributed by atoms with Gasteiger partial charge < -0.3 is 10.3 Å². The van der Waals surface area contributed by atoms with E-state index in [1.807, 2.05) is 36.8 Å². The fourth-order valence-corrected chi connectivity index (χ4v) is 2.71. The van der Waals surface area contributed by atoms with E-state index >= 15 is 0 Å². The zero-order valence-electron chi connectivity index (χ0n) is 11.5. The van der Waals surface area contributed by atoms with Gasteiger partial charge >= 0.3 is 0 Å². The molecule has 0 bridgehead atoms. The number of rotatable bonds is 0. The number of aliphatic imine (C=N–C) groups is 1. The molecule has 1 aliphatic heterocycles. The van der Waals surface area contributed by atoms with Gasteiger partial charge in [0, 0.05) is 35.1 Å². The van der Waals surface area contributed by atoms with Crippen LogP contribution in [0, 0.1) is 0 Å². The Balaban J connectivity index is 1.86. The first-order valence-corrected chi connectivity index (χ1v) is 7.03. The van der Waals surface area contributed by atoms with E-state index in [1.165, 1.54) is 5.39 Å². The van der Waals surface area contributed by atoms with E-state index in [1.54, 1.807) is 0 Å². The molecule has 0 spiro atoms. The lowest BCUT2D eigenvalue weighted by molar-refractivity contribution is 0.955. The van der Waals surface area contributed by atoms with Gasteiger partial charge in [0.25, 0.3) is 0 Å². The maximum absolute atomic E-state index is 4.71. The highest BCUT2D eigenvalue weighted by atomic mass is 14.8. The molecule has 3 heteroatoms. The Labute approximate surface area is 123 Å². The first kappa shape index (κ1) is 12.0. The van der Waals surface area contributed by atoms with Crippen LogP contribution in [0.1, 0.15) is 11.3 Å². The van der Waals surface area contributed by atoms with Gasteiger partial charge in [0.05, 0.1) is 11.7 Å². The van der Waals surface area contributed by atoms with Crippen LogP contribution in [0.3, 0.4) is 0 Å². The third-order valence-electron chi connectivity index (χ3n) is 3.77. The van der Waals surface area contributed by atoms with Gasteiger partial charge in [0.15, 0.2) is 0 Å². The number of benzene rings is 1. The molecular formula is C18H15N3. The van der Waals surface area contributed by atoms with Gasteiger partial charge in [-0.1, -0.05) is 42.5 Å². The summed E-state index contributed by atoms with van der Waals surface area (Å²) in [7, 11) is 0. The van der Waals surface area contributed by atoms with Crippen LogP contribution in [0.4, 0.5) is 0 Å². The second kappa shape index (κ2) is 4.94. The predicted molar refractivity (Wildman–Crippen MR) is 88.2 cm³/mol. The number of hydrogen-bond acceptors (Lipinski definition) is 2. The molecule has 0 saturated carbocycles. The van der Waals surface area contributed by atoms with Gasteiger partial charge in [0.1, 0.15) is 0 Å². The predicted octanol–water partition coefficient (Wildman–Crippen LogP) is 3.54. The highest BCUT2D eigenvalue weighted by Crippen LogP contribution is 2.24. The maximum Gasteiger partial charge on any atom is 0.0948 e. The van der Waals surface area contributed by atoms with Crippen molar-refractivity contribution in [2.24, 2.45) is 4.99 Å². The first-order valence-electron chi connectivity index (χ1n) is 7.03. The number of allylic oxidation sites excluding steroid dienone is 2. The third kappa shape index (κ3) is 2.13. The van der Waals surface area contributed by atoms with Crippen LogP contribution in [0.25, 0.3) is 17.0 Å². The van der Waals surface area contributed by atoms with E-state index < -0.39 is 0 Å². The molecule has 2 aliphatic rings. The summed E-state index contributed by atoms with van der Waals surface area (Å²) in [6, 6.07) is 8.37. The first-order chi connectivity index (χ1) is 10.4. The zero-order chi connectivity index (χ0) is 14.1. The molecule has 0 fully saturated rings. The average molecular weight is 273 g/mol. The van der Waals surface area contributed by atoms with Crippen LogP contribution in [0.5, 0.6) is 0 Å². The van der Waals surface area contributed by atoms with E-state index in [0.717, 1.165) is 22.3 Å². The zero-order valence-corrected chi connectivity index (χ0v) is 11.5. The minimum absolute atomic E-state index is 0.0632. The van der Waals surface area contributed by atoms with Gasteiger partial charge in [-0.05, 0) is 17.7 Å². The summed E-state index contributed by atoms with van der Waals surface area (Å²) in [5.74, 6) is 0. The minimum Gasteiger partial charge on any atom is -0.367 e. The van der Waals surface area contributed by atoms with Crippen LogP contribution >= 0.6 is 0 Å². The van der Waals surface area contributed by atoms with Crippen LogP contribution in [-0.4, -0.2) is 17.2 Å². The number of aromatic amines is 1. The van der Waals surface area contributed by atoms with E-state index in [9.17, 15) is 0 Å². The Morgan fingerprint density at radius 3 is 3.00 bits per heavy atom. The largest absolute Gasteiger partial charge is 0.367 e. The smallest absolute Gasteiger partial charge is 0.0948 e. The molecule has 21 heavy (non-hydrogen) atoms. The topological polar surface area (TPSA) is 40.2 Å².